The number of benzene rings is 1. The number of carbonyl (C=O) groups is 2. The van der Waals surface area contributed by atoms with Gasteiger partial charge in [-0.05, 0) is 43.4 Å². The smallest absolute Gasteiger partial charge is 0.223 e. The molecule has 3 rings (SSSR count). The van der Waals surface area contributed by atoms with Crippen LogP contribution in [0.15, 0.2) is 18.2 Å². The van der Waals surface area contributed by atoms with Crippen molar-refractivity contribution in [1.82, 2.24) is 10.2 Å². The van der Waals surface area contributed by atoms with Gasteiger partial charge in [-0.2, -0.15) is 0 Å². The molecule has 1 aromatic rings. The number of amides is 1. The van der Waals surface area contributed by atoms with Gasteiger partial charge >= 0.3 is 0 Å². The van der Waals surface area contributed by atoms with Crippen LogP contribution in [0.5, 0.6) is 0 Å². The maximum absolute atomic E-state index is 12.3. The first-order valence-corrected chi connectivity index (χ1v) is 8.30. The van der Waals surface area contributed by atoms with Crippen molar-refractivity contribution < 1.29 is 9.59 Å². The third kappa shape index (κ3) is 3.22. The van der Waals surface area contributed by atoms with E-state index in [1.165, 1.54) is 17.5 Å². The number of hydrogen-bond donors (Lipinski definition) is 1. The lowest BCUT2D eigenvalue weighted by Gasteiger charge is -2.34. The lowest BCUT2D eigenvalue weighted by atomic mass is 10.0. The van der Waals surface area contributed by atoms with E-state index in [4.69, 9.17) is 0 Å². The van der Waals surface area contributed by atoms with Gasteiger partial charge in [-0.3, -0.25) is 9.59 Å². The number of aryl methyl sites for hydroxylation is 2. The molecule has 0 radical (unpaired) electrons. The fraction of sp³-hybridized carbons (Fsp3) is 0.556. The molecule has 1 atom stereocenters. The molecule has 0 aromatic heterocycles. The summed E-state index contributed by atoms with van der Waals surface area (Å²) < 4.78 is 0. The zero-order chi connectivity index (χ0) is 15.5. The molecular weight excluding hydrogens is 276 g/mol. The predicted octanol–water partition coefficient (Wildman–Crippen LogP) is 1.96. The largest absolute Gasteiger partial charge is 0.337 e. The Labute approximate surface area is 131 Å². The molecule has 4 nitrogen and oxygen atoms in total. The Morgan fingerprint density at radius 2 is 2.05 bits per heavy atom. The molecule has 1 fully saturated rings. The number of Topliss-reactive ketones (excluding diaryl/α,β-unsaturated/α-hetero) is 1. The summed E-state index contributed by atoms with van der Waals surface area (Å²) in [5.74, 6) is 0.189. The minimum Gasteiger partial charge on any atom is -0.337 e. The minimum absolute atomic E-state index is 0.0887. The van der Waals surface area contributed by atoms with Gasteiger partial charge in [0.15, 0.2) is 5.78 Å². The summed E-state index contributed by atoms with van der Waals surface area (Å²) >= 11 is 0. The van der Waals surface area contributed by atoms with Gasteiger partial charge in [-0.1, -0.05) is 12.1 Å². The molecule has 1 heterocycles. The molecule has 1 saturated heterocycles. The number of carbonyl (C=O) groups excluding carboxylic acids is 2. The van der Waals surface area contributed by atoms with Crippen molar-refractivity contribution in [2.24, 2.45) is 0 Å². The second-order valence-corrected chi connectivity index (χ2v) is 6.40. The second-order valence-electron chi connectivity index (χ2n) is 6.40. The molecule has 0 spiro atoms. The van der Waals surface area contributed by atoms with Gasteiger partial charge in [-0.15, -0.1) is 0 Å². The number of ketones is 1. The van der Waals surface area contributed by atoms with Gasteiger partial charge in [-0.25, -0.2) is 0 Å². The Morgan fingerprint density at radius 1 is 1.23 bits per heavy atom. The summed E-state index contributed by atoms with van der Waals surface area (Å²) in [6, 6.07) is 6.25. The van der Waals surface area contributed by atoms with Gasteiger partial charge in [0.05, 0.1) is 0 Å². The molecular formula is C18H24N2O2. The number of nitrogens with zero attached hydrogens (tertiary/aromatic N) is 1. The van der Waals surface area contributed by atoms with E-state index in [0.29, 0.717) is 12.8 Å². The third-order valence-corrected chi connectivity index (χ3v) is 4.81. The van der Waals surface area contributed by atoms with Crippen molar-refractivity contribution in [1.29, 1.82) is 0 Å². The fourth-order valence-electron chi connectivity index (χ4n) is 3.47. The van der Waals surface area contributed by atoms with E-state index in [2.05, 4.69) is 11.4 Å². The molecule has 22 heavy (non-hydrogen) atoms. The maximum Gasteiger partial charge on any atom is 0.223 e. The van der Waals surface area contributed by atoms with E-state index in [1.807, 2.05) is 24.0 Å². The van der Waals surface area contributed by atoms with Crippen molar-refractivity contribution in [3.05, 3.63) is 34.9 Å². The zero-order valence-corrected chi connectivity index (χ0v) is 13.2. The summed E-state index contributed by atoms with van der Waals surface area (Å²) in [6.07, 6.45) is 4.03. The van der Waals surface area contributed by atoms with Crippen LogP contribution in [0.1, 0.15) is 47.7 Å². The molecule has 4 heteroatoms. The van der Waals surface area contributed by atoms with Crippen molar-refractivity contribution in [3.63, 3.8) is 0 Å². The van der Waals surface area contributed by atoms with Crippen molar-refractivity contribution in [2.45, 2.75) is 45.1 Å². The SMILES string of the molecule is C[C@@H]1CNCCN1C(=O)CCC(=O)c1ccc2c(c1)CCC2. The Hall–Kier alpha value is -1.68. The van der Waals surface area contributed by atoms with E-state index in [1.54, 1.807) is 0 Å². The van der Waals surface area contributed by atoms with Gasteiger partial charge in [0.2, 0.25) is 5.91 Å². The van der Waals surface area contributed by atoms with Crippen LogP contribution < -0.4 is 5.32 Å². The van der Waals surface area contributed by atoms with Crippen molar-refractivity contribution in [3.8, 4) is 0 Å². The first-order valence-electron chi connectivity index (χ1n) is 8.30. The van der Waals surface area contributed by atoms with Crippen molar-refractivity contribution >= 4 is 11.7 Å². The third-order valence-electron chi connectivity index (χ3n) is 4.81. The van der Waals surface area contributed by atoms with Crippen LogP contribution in [0.3, 0.4) is 0 Å². The minimum atomic E-state index is 0.0887. The van der Waals surface area contributed by atoms with Gasteiger partial charge in [0.25, 0.3) is 0 Å². The summed E-state index contributed by atoms with van der Waals surface area (Å²) in [5, 5.41) is 3.27. The highest BCUT2D eigenvalue weighted by Gasteiger charge is 2.23. The number of hydrogen-bond acceptors (Lipinski definition) is 3. The summed E-state index contributed by atoms with van der Waals surface area (Å²) in [5.41, 5.74) is 3.46. The Kier molecular flexibility index (Phi) is 4.57. The Bertz CT molecular complexity index is 582. The molecule has 1 N–H and O–H groups in total. The lowest BCUT2D eigenvalue weighted by Crippen LogP contribution is -2.52. The first kappa shape index (κ1) is 15.2. The lowest BCUT2D eigenvalue weighted by molar-refractivity contribution is -0.133. The number of rotatable bonds is 4. The topological polar surface area (TPSA) is 49.4 Å². The van der Waals surface area contributed by atoms with Crippen molar-refractivity contribution in [2.75, 3.05) is 19.6 Å². The number of piperazine rings is 1. The average Bonchev–Trinajstić information content (AvgIpc) is 3.00. The summed E-state index contributed by atoms with van der Waals surface area (Å²) in [6.45, 7) is 4.47. The summed E-state index contributed by atoms with van der Waals surface area (Å²) in [4.78, 5) is 26.5. The Morgan fingerprint density at radius 3 is 2.86 bits per heavy atom. The van der Waals surface area contributed by atoms with Gasteiger partial charge < -0.3 is 10.2 Å². The average molecular weight is 300 g/mol. The van der Waals surface area contributed by atoms with Crippen LogP contribution in [-0.2, 0) is 17.6 Å². The first-order chi connectivity index (χ1) is 10.6. The molecule has 1 aromatic carbocycles. The van der Waals surface area contributed by atoms with Crippen LogP contribution in [0.2, 0.25) is 0 Å². The van der Waals surface area contributed by atoms with Crippen LogP contribution in [0.4, 0.5) is 0 Å². The van der Waals surface area contributed by atoms with Crippen LogP contribution in [0, 0.1) is 0 Å². The number of nitrogens with one attached hydrogen (secondary N) is 1. The van der Waals surface area contributed by atoms with Gasteiger partial charge in [0.1, 0.15) is 0 Å². The zero-order valence-electron chi connectivity index (χ0n) is 13.2. The monoisotopic (exact) mass is 300 g/mol. The molecule has 1 amide bonds. The highest BCUT2D eigenvalue weighted by molar-refractivity contribution is 5.98. The molecule has 2 aliphatic rings. The predicted molar refractivity (Wildman–Crippen MR) is 86.1 cm³/mol. The maximum atomic E-state index is 12.3. The summed E-state index contributed by atoms with van der Waals surface area (Å²) in [7, 11) is 0. The van der Waals surface area contributed by atoms with E-state index < -0.39 is 0 Å². The molecule has 1 aliphatic heterocycles. The van der Waals surface area contributed by atoms with Crippen LogP contribution in [0.25, 0.3) is 0 Å². The van der Waals surface area contributed by atoms with E-state index in [-0.39, 0.29) is 17.7 Å². The fourth-order valence-corrected chi connectivity index (χ4v) is 3.47. The standard InChI is InChI=1S/C18H24N2O2/c1-13-12-19-9-10-20(13)18(22)8-7-17(21)16-6-5-14-3-2-4-15(14)11-16/h5-6,11,13,19H,2-4,7-10,12H2,1H3/t13-/m1/s1. The number of fused-ring (bicyclic) bond motifs is 1. The quantitative estimate of drug-likeness (QED) is 0.865. The highest BCUT2D eigenvalue weighted by atomic mass is 16.2. The van der Waals surface area contributed by atoms with Crippen LogP contribution >= 0.6 is 0 Å². The molecule has 118 valence electrons. The van der Waals surface area contributed by atoms with E-state index >= 15 is 0 Å². The second kappa shape index (κ2) is 6.61. The van der Waals surface area contributed by atoms with Crippen LogP contribution in [-0.4, -0.2) is 42.3 Å². The van der Waals surface area contributed by atoms with Gasteiger partial charge in [0, 0.05) is 44.1 Å². The molecule has 1 aliphatic carbocycles. The van der Waals surface area contributed by atoms with E-state index in [0.717, 1.165) is 38.0 Å². The molecule has 0 saturated carbocycles. The Balaban J connectivity index is 1.57. The normalized spacial score (nSPS) is 20.8. The van der Waals surface area contributed by atoms with E-state index in [9.17, 15) is 9.59 Å². The highest BCUT2D eigenvalue weighted by Crippen LogP contribution is 2.23. The molecule has 0 unspecified atom stereocenters. The molecule has 0 bridgehead atoms.